The summed E-state index contributed by atoms with van der Waals surface area (Å²) in [6, 6.07) is 6.10. The average Bonchev–Trinajstić information content (AvgIpc) is 2.72. The van der Waals surface area contributed by atoms with E-state index in [9.17, 15) is 5.11 Å². The van der Waals surface area contributed by atoms with Crippen LogP contribution in [-0.4, -0.2) is 18.2 Å². The zero-order chi connectivity index (χ0) is 12.5. The Labute approximate surface area is 104 Å². The first-order valence-electron chi connectivity index (χ1n) is 6.48. The summed E-state index contributed by atoms with van der Waals surface area (Å²) in [5, 5.41) is 13.3. The van der Waals surface area contributed by atoms with Crippen molar-refractivity contribution in [2.45, 2.75) is 39.5 Å². The largest absolute Gasteiger partial charge is 0.508 e. The number of phenols is 1. The van der Waals surface area contributed by atoms with Crippen LogP contribution in [0.4, 0.5) is 0 Å². The van der Waals surface area contributed by atoms with Crippen LogP contribution in [0.5, 0.6) is 5.75 Å². The van der Waals surface area contributed by atoms with E-state index >= 15 is 0 Å². The first-order valence-corrected chi connectivity index (χ1v) is 6.48. The maximum absolute atomic E-state index is 9.97. The maximum Gasteiger partial charge on any atom is 0.119 e. The number of hydrogen-bond donors (Lipinski definition) is 2. The molecule has 0 amide bonds. The lowest BCUT2D eigenvalue weighted by molar-refractivity contribution is 0.409. The number of rotatable bonds is 2. The van der Waals surface area contributed by atoms with E-state index in [0.29, 0.717) is 17.1 Å². The Bertz CT molecular complexity index is 386. The molecule has 0 aliphatic carbocycles. The molecular formula is C15H23NO. The van der Waals surface area contributed by atoms with Gasteiger partial charge in [0.1, 0.15) is 5.75 Å². The van der Waals surface area contributed by atoms with Gasteiger partial charge in [-0.05, 0) is 42.0 Å². The van der Waals surface area contributed by atoms with Gasteiger partial charge in [0.05, 0.1) is 0 Å². The SMILES string of the molecule is CC(C)(C)Cc1ccc(O)c(C2CCNC2)c1. The Balaban J connectivity index is 2.22. The lowest BCUT2D eigenvalue weighted by Crippen LogP contribution is -2.11. The van der Waals surface area contributed by atoms with E-state index in [1.54, 1.807) is 0 Å². The molecule has 1 aromatic rings. The maximum atomic E-state index is 9.97. The lowest BCUT2D eigenvalue weighted by atomic mass is 9.86. The van der Waals surface area contributed by atoms with E-state index in [1.165, 1.54) is 5.56 Å². The second-order valence-electron chi connectivity index (χ2n) is 6.32. The minimum Gasteiger partial charge on any atom is -0.508 e. The van der Waals surface area contributed by atoms with Gasteiger partial charge in [0.25, 0.3) is 0 Å². The van der Waals surface area contributed by atoms with Gasteiger partial charge < -0.3 is 10.4 Å². The highest BCUT2D eigenvalue weighted by Gasteiger charge is 2.20. The molecule has 0 saturated carbocycles. The lowest BCUT2D eigenvalue weighted by Gasteiger charge is -2.20. The molecule has 1 atom stereocenters. The first kappa shape index (κ1) is 12.4. The Kier molecular flexibility index (Phi) is 3.43. The molecule has 1 aliphatic rings. The quantitative estimate of drug-likeness (QED) is 0.823. The van der Waals surface area contributed by atoms with Gasteiger partial charge in [-0.15, -0.1) is 0 Å². The molecule has 2 N–H and O–H groups in total. The van der Waals surface area contributed by atoms with Gasteiger partial charge in [-0.25, -0.2) is 0 Å². The van der Waals surface area contributed by atoms with Crippen molar-refractivity contribution >= 4 is 0 Å². The Morgan fingerprint density at radius 3 is 2.71 bits per heavy atom. The van der Waals surface area contributed by atoms with Gasteiger partial charge in [0.15, 0.2) is 0 Å². The van der Waals surface area contributed by atoms with Crippen molar-refractivity contribution < 1.29 is 5.11 Å². The summed E-state index contributed by atoms with van der Waals surface area (Å²) in [5.74, 6) is 0.936. The van der Waals surface area contributed by atoms with Crippen LogP contribution in [0.3, 0.4) is 0 Å². The van der Waals surface area contributed by atoms with Crippen molar-refractivity contribution in [2.24, 2.45) is 5.41 Å². The van der Waals surface area contributed by atoms with Crippen LogP contribution in [-0.2, 0) is 6.42 Å². The zero-order valence-electron chi connectivity index (χ0n) is 11.1. The molecule has 0 bridgehead atoms. The molecule has 1 aromatic carbocycles. The van der Waals surface area contributed by atoms with E-state index in [2.05, 4.69) is 32.2 Å². The predicted octanol–water partition coefficient (Wildman–Crippen LogP) is 3.06. The highest BCUT2D eigenvalue weighted by atomic mass is 16.3. The minimum atomic E-state index is 0.294. The van der Waals surface area contributed by atoms with Gasteiger partial charge in [0, 0.05) is 12.5 Å². The summed E-state index contributed by atoms with van der Waals surface area (Å²) in [4.78, 5) is 0. The van der Waals surface area contributed by atoms with E-state index < -0.39 is 0 Å². The molecule has 2 heteroatoms. The normalized spacial score (nSPS) is 20.8. The third-order valence-electron chi connectivity index (χ3n) is 3.33. The van der Waals surface area contributed by atoms with E-state index in [-0.39, 0.29) is 0 Å². The van der Waals surface area contributed by atoms with Gasteiger partial charge in [-0.2, -0.15) is 0 Å². The third kappa shape index (κ3) is 3.22. The smallest absolute Gasteiger partial charge is 0.119 e. The second kappa shape index (κ2) is 4.69. The van der Waals surface area contributed by atoms with Crippen molar-refractivity contribution in [3.05, 3.63) is 29.3 Å². The van der Waals surface area contributed by atoms with Crippen LogP contribution in [0.25, 0.3) is 0 Å². The molecule has 1 heterocycles. The molecule has 2 nitrogen and oxygen atoms in total. The van der Waals surface area contributed by atoms with Crippen molar-refractivity contribution in [2.75, 3.05) is 13.1 Å². The van der Waals surface area contributed by atoms with Crippen LogP contribution >= 0.6 is 0 Å². The Morgan fingerprint density at radius 1 is 1.35 bits per heavy atom. The topological polar surface area (TPSA) is 32.3 Å². The molecule has 0 spiro atoms. The molecule has 1 saturated heterocycles. The third-order valence-corrected chi connectivity index (χ3v) is 3.33. The van der Waals surface area contributed by atoms with E-state index in [1.807, 2.05) is 12.1 Å². The zero-order valence-corrected chi connectivity index (χ0v) is 11.1. The van der Waals surface area contributed by atoms with Crippen molar-refractivity contribution in [1.29, 1.82) is 0 Å². The number of nitrogens with one attached hydrogen (secondary N) is 1. The second-order valence-corrected chi connectivity index (χ2v) is 6.32. The fourth-order valence-electron chi connectivity index (χ4n) is 2.57. The van der Waals surface area contributed by atoms with Gasteiger partial charge in [-0.3, -0.25) is 0 Å². The van der Waals surface area contributed by atoms with Gasteiger partial charge in [0.2, 0.25) is 0 Å². The van der Waals surface area contributed by atoms with Crippen LogP contribution in [0.15, 0.2) is 18.2 Å². The van der Waals surface area contributed by atoms with Gasteiger partial charge >= 0.3 is 0 Å². The molecule has 2 rings (SSSR count). The molecule has 0 aromatic heterocycles. The number of benzene rings is 1. The molecule has 0 radical (unpaired) electrons. The average molecular weight is 233 g/mol. The van der Waals surface area contributed by atoms with E-state index in [0.717, 1.165) is 31.5 Å². The number of phenolic OH excluding ortho intramolecular Hbond substituents is 1. The van der Waals surface area contributed by atoms with Crippen LogP contribution in [0.1, 0.15) is 44.2 Å². The van der Waals surface area contributed by atoms with E-state index in [4.69, 9.17) is 0 Å². The summed E-state index contributed by atoms with van der Waals surface area (Å²) in [5.41, 5.74) is 2.75. The van der Waals surface area contributed by atoms with Crippen molar-refractivity contribution in [3.63, 3.8) is 0 Å². The summed E-state index contributed by atoms with van der Waals surface area (Å²) in [7, 11) is 0. The van der Waals surface area contributed by atoms with Gasteiger partial charge in [-0.1, -0.05) is 32.9 Å². The monoisotopic (exact) mass is 233 g/mol. The summed E-state index contributed by atoms with van der Waals surface area (Å²) in [6.07, 6.45) is 2.19. The van der Waals surface area contributed by atoms with Crippen molar-refractivity contribution in [1.82, 2.24) is 5.32 Å². The fraction of sp³-hybridized carbons (Fsp3) is 0.600. The Hall–Kier alpha value is -1.02. The number of hydrogen-bond acceptors (Lipinski definition) is 2. The molecule has 1 unspecified atom stereocenters. The predicted molar refractivity (Wildman–Crippen MR) is 71.5 cm³/mol. The molecule has 94 valence electrons. The number of aromatic hydroxyl groups is 1. The van der Waals surface area contributed by atoms with Crippen LogP contribution in [0, 0.1) is 5.41 Å². The molecule has 1 fully saturated rings. The molecule has 1 aliphatic heterocycles. The Morgan fingerprint density at radius 2 is 2.12 bits per heavy atom. The first-order chi connectivity index (χ1) is 7.96. The molecular weight excluding hydrogens is 210 g/mol. The summed E-state index contributed by atoms with van der Waals surface area (Å²) >= 11 is 0. The minimum absolute atomic E-state index is 0.294. The van der Waals surface area contributed by atoms with Crippen LogP contribution in [0.2, 0.25) is 0 Å². The van der Waals surface area contributed by atoms with Crippen molar-refractivity contribution in [3.8, 4) is 5.75 Å². The molecule has 17 heavy (non-hydrogen) atoms. The van der Waals surface area contributed by atoms with Crippen LogP contribution < -0.4 is 5.32 Å². The fourth-order valence-corrected chi connectivity index (χ4v) is 2.57. The summed E-state index contributed by atoms with van der Waals surface area (Å²) in [6.45, 7) is 8.80. The standard InChI is InChI=1S/C15H23NO/c1-15(2,3)9-11-4-5-14(17)13(8-11)12-6-7-16-10-12/h4-5,8,12,16-17H,6-7,9-10H2,1-3H3. The highest BCUT2D eigenvalue weighted by molar-refractivity contribution is 5.39. The summed E-state index contributed by atoms with van der Waals surface area (Å²) < 4.78 is 0. The highest BCUT2D eigenvalue weighted by Crippen LogP contribution is 2.32.